The van der Waals surface area contributed by atoms with Crippen molar-refractivity contribution >= 4 is 11.5 Å². The number of nitrogens with zero attached hydrogens (tertiary/aromatic N) is 2. The number of nitro groups is 1. The highest BCUT2D eigenvalue weighted by Crippen LogP contribution is 2.26. The van der Waals surface area contributed by atoms with Crippen LogP contribution in [0, 0.1) is 17.0 Å². The molecule has 0 saturated heterocycles. The number of hydrogen-bond donors (Lipinski definition) is 1. The maximum Gasteiger partial charge on any atom is 0.314 e. The summed E-state index contributed by atoms with van der Waals surface area (Å²) in [5.74, 6) is 0.805. The van der Waals surface area contributed by atoms with Crippen LogP contribution in [0.1, 0.15) is 36.5 Å². The monoisotopic (exact) mass is 285 g/mol. The van der Waals surface area contributed by atoms with Gasteiger partial charge in [0.25, 0.3) is 0 Å². The first-order chi connectivity index (χ1) is 9.99. The van der Waals surface area contributed by atoms with E-state index >= 15 is 0 Å². The Morgan fingerprint density at radius 2 is 1.90 bits per heavy atom. The average molecular weight is 285 g/mol. The smallest absolute Gasteiger partial charge is 0.314 e. The zero-order chi connectivity index (χ0) is 15.4. The predicted molar refractivity (Wildman–Crippen MR) is 83.5 cm³/mol. The predicted octanol–water partition coefficient (Wildman–Crippen LogP) is 4.03. The topological polar surface area (TPSA) is 68.1 Å². The number of benzene rings is 1. The molecule has 0 aliphatic rings. The first-order valence-electron chi connectivity index (χ1n) is 6.91. The van der Waals surface area contributed by atoms with E-state index in [9.17, 15) is 10.1 Å². The molecular formula is C16H19N3O2. The van der Waals surface area contributed by atoms with Gasteiger partial charge in [0.05, 0.1) is 4.92 Å². The lowest BCUT2D eigenvalue weighted by Gasteiger charge is -2.09. The summed E-state index contributed by atoms with van der Waals surface area (Å²) in [6, 6.07) is 9.87. The summed E-state index contributed by atoms with van der Waals surface area (Å²) in [5, 5.41) is 14.1. The van der Waals surface area contributed by atoms with E-state index in [-0.39, 0.29) is 5.69 Å². The lowest BCUT2D eigenvalue weighted by atomic mass is 10.0. The van der Waals surface area contributed by atoms with Crippen LogP contribution in [0.2, 0.25) is 0 Å². The number of rotatable bonds is 5. The second-order valence-corrected chi connectivity index (χ2v) is 5.33. The van der Waals surface area contributed by atoms with Crippen molar-refractivity contribution in [3.63, 3.8) is 0 Å². The number of hydrogen-bond acceptors (Lipinski definition) is 4. The molecule has 1 N–H and O–H groups in total. The van der Waals surface area contributed by atoms with Crippen molar-refractivity contribution < 1.29 is 4.92 Å². The van der Waals surface area contributed by atoms with Crippen LogP contribution in [0.5, 0.6) is 0 Å². The van der Waals surface area contributed by atoms with Gasteiger partial charge in [0, 0.05) is 18.3 Å². The third-order valence-corrected chi connectivity index (χ3v) is 3.41. The van der Waals surface area contributed by atoms with Crippen molar-refractivity contribution in [2.45, 2.75) is 33.2 Å². The molecule has 1 aromatic heterocycles. The minimum Gasteiger partial charge on any atom is -0.360 e. The number of aromatic nitrogens is 1. The zero-order valence-electron chi connectivity index (χ0n) is 12.5. The highest BCUT2D eigenvalue weighted by Gasteiger charge is 2.17. The Morgan fingerprint density at radius 3 is 2.48 bits per heavy atom. The number of anilines is 1. The number of pyridine rings is 1. The Kier molecular flexibility index (Phi) is 4.52. The van der Waals surface area contributed by atoms with E-state index < -0.39 is 4.92 Å². The molecular weight excluding hydrogens is 266 g/mol. The molecule has 5 nitrogen and oxygen atoms in total. The second kappa shape index (κ2) is 6.35. The van der Waals surface area contributed by atoms with E-state index in [1.165, 1.54) is 5.56 Å². The lowest BCUT2D eigenvalue weighted by Crippen LogP contribution is -2.06. The Bertz CT molecular complexity index is 636. The summed E-state index contributed by atoms with van der Waals surface area (Å²) in [7, 11) is 0. The lowest BCUT2D eigenvalue weighted by molar-refractivity contribution is -0.384. The summed E-state index contributed by atoms with van der Waals surface area (Å²) in [6.07, 6.45) is 1.58. The molecule has 0 fully saturated rings. The SMILES string of the molecule is Cc1ccnc(NCc2ccc(C(C)C)cc2)c1[N+](=O)[O-]. The summed E-state index contributed by atoms with van der Waals surface area (Å²) in [4.78, 5) is 14.8. The van der Waals surface area contributed by atoms with Crippen LogP contribution in [0.15, 0.2) is 36.5 Å². The average Bonchev–Trinajstić information content (AvgIpc) is 2.45. The molecule has 1 aromatic carbocycles. The molecule has 0 amide bonds. The Balaban J connectivity index is 2.13. The van der Waals surface area contributed by atoms with Gasteiger partial charge in [-0.2, -0.15) is 0 Å². The van der Waals surface area contributed by atoms with Crippen LogP contribution in [0.3, 0.4) is 0 Å². The molecule has 110 valence electrons. The Morgan fingerprint density at radius 1 is 1.24 bits per heavy atom. The number of aryl methyl sites for hydroxylation is 1. The van der Waals surface area contributed by atoms with Crippen molar-refractivity contribution in [2.24, 2.45) is 0 Å². The highest BCUT2D eigenvalue weighted by molar-refractivity contribution is 5.59. The minimum absolute atomic E-state index is 0.0382. The van der Waals surface area contributed by atoms with Crippen molar-refractivity contribution in [1.82, 2.24) is 4.98 Å². The van der Waals surface area contributed by atoms with E-state index in [2.05, 4.69) is 36.3 Å². The molecule has 5 heteroatoms. The largest absolute Gasteiger partial charge is 0.360 e. The van der Waals surface area contributed by atoms with Gasteiger partial charge in [0.2, 0.25) is 5.82 Å². The fourth-order valence-electron chi connectivity index (χ4n) is 2.12. The van der Waals surface area contributed by atoms with Crippen molar-refractivity contribution in [2.75, 3.05) is 5.32 Å². The van der Waals surface area contributed by atoms with Gasteiger partial charge in [-0.15, -0.1) is 0 Å². The molecule has 0 saturated carbocycles. The molecule has 0 aliphatic heterocycles. The molecule has 0 unspecified atom stereocenters. The van der Waals surface area contributed by atoms with Crippen LogP contribution in [0.25, 0.3) is 0 Å². The Labute approximate surface area is 124 Å². The summed E-state index contributed by atoms with van der Waals surface area (Å²) in [5.41, 5.74) is 2.99. The molecule has 1 heterocycles. The molecule has 0 bridgehead atoms. The van der Waals surface area contributed by atoms with E-state index in [4.69, 9.17) is 0 Å². The van der Waals surface area contributed by atoms with E-state index in [0.717, 1.165) is 5.56 Å². The van der Waals surface area contributed by atoms with Gasteiger partial charge in [-0.1, -0.05) is 38.1 Å². The molecule has 2 aromatic rings. The van der Waals surface area contributed by atoms with Crippen molar-refractivity contribution in [3.05, 3.63) is 63.3 Å². The quantitative estimate of drug-likeness (QED) is 0.665. The molecule has 2 rings (SSSR count). The number of nitrogens with one attached hydrogen (secondary N) is 1. The van der Waals surface area contributed by atoms with Crippen LogP contribution < -0.4 is 5.32 Å². The van der Waals surface area contributed by atoms with Gasteiger partial charge in [-0.05, 0) is 30.0 Å². The first kappa shape index (κ1) is 15.0. The normalized spacial score (nSPS) is 10.7. The van der Waals surface area contributed by atoms with Gasteiger partial charge >= 0.3 is 5.69 Å². The van der Waals surface area contributed by atoms with Gasteiger partial charge in [-0.3, -0.25) is 10.1 Å². The second-order valence-electron chi connectivity index (χ2n) is 5.33. The Hall–Kier alpha value is -2.43. The summed E-state index contributed by atoms with van der Waals surface area (Å²) >= 11 is 0. The van der Waals surface area contributed by atoms with Gasteiger partial charge < -0.3 is 5.32 Å². The molecule has 0 atom stereocenters. The molecule has 0 aliphatic carbocycles. The summed E-state index contributed by atoms with van der Waals surface area (Å²) in [6.45, 7) is 6.51. The zero-order valence-corrected chi connectivity index (χ0v) is 12.5. The van der Waals surface area contributed by atoms with E-state index in [1.807, 2.05) is 12.1 Å². The standard InChI is InChI=1S/C16H19N3O2/c1-11(2)14-6-4-13(5-7-14)10-18-16-15(19(20)21)12(3)8-9-17-16/h4-9,11H,10H2,1-3H3,(H,17,18). The maximum atomic E-state index is 11.1. The third kappa shape index (κ3) is 3.56. The fourth-order valence-corrected chi connectivity index (χ4v) is 2.12. The maximum absolute atomic E-state index is 11.1. The highest BCUT2D eigenvalue weighted by atomic mass is 16.6. The van der Waals surface area contributed by atoms with Gasteiger partial charge in [0.1, 0.15) is 0 Å². The fraction of sp³-hybridized carbons (Fsp3) is 0.312. The van der Waals surface area contributed by atoms with E-state index in [1.54, 1.807) is 19.2 Å². The van der Waals surface area contributed by atoms with Gasteiger partial charge in [-0.25, -0.2) is 4.98 Å². The molecule has 0 spiro atoms. The van der Waals surface area contributed by atoms with Crippen LogP contribution in [-0.2, 0) is 6.54 Å². The van der Waals surface area contributed by atoms with E-state index in [0.29, 0.717) is 23.8 Å². The van der Waals surface area contributed by atoms with Crippen molar-refractivity contribution in [3.8, 4) is 0 Å². The third-order valence-electron chi connectivity index (χ3n) is 3.41. The molecule has 21 heavy (non-hydrogen) atoms. The van der Waals surface area contributed by atoms with Crippen LogP contribution in [0.4, 0.5) is 11.5 Å². The summed E-state index contributed by atoms with van der Waals surface area (Å²) < 4.78 is 0. The molecule has 0 radical (unpaired) electrons. The van der Waals surface area contributed by atoms with Crippen LogP contribution >= 0.6 is 0 Å². The van der Waals surface area contributed by atoms with Crippen molar-refractivity contribution in [1.29, 1.82) is 0 Å². The minimum atomic E-state index is -0.396. The van der Waals surface area contributed by atoms with Gasteiger partial charge in [0.15, 0.2) is 0 Å². The van der Waals surface area contributed by atoms with Crippen LogP contribution in [-0.4, -0.2) is 9.91 Å². The first-order valence-corrected chi connectivity index (χ1v) is 6.91.